The number of hydrogen-bond acceptors (Lipinski definition) is 8. The van der Waals surface area contributed by atoms with Crippen molar-refractivity contribution >= 4 is 40.8 Å². The highest BCUT2D eigenvalue weighted by atomic mass is 16.5. The Labute approximate surface area is 221 Å². The van der Waals surface area contributed by atoms with Crippen LogP contribution in [0.15, 0.2) is 60.8 Å². The van der Waals surface area contributed by atoms with Crippen LogP contribution < -0.4 is 26.2 Å². The van der Waals surface area contributed by atoms with E-state index in [9.17, 15) is 9.59 Å². The molecule has 11 nitrogen and oxygen atoms in total. The molecule has 0 bridgehead atoms. The quantitative estimate of drug-likeness (QED) is 0.394. The average Bonchev–Trinajstić information content (AvgIpc) is 2.95. The molecule has 11 heteroatoms. The fraction of sp³-hybridized carbons (Fsp3) is 0.333. The van der Waals surface area contributed by atoms with Crippen molar-refractivity contribution in [3.8, 4) is 0 Å². The maximum Gasteiger partial charge on any atom is 0.321 e. The van der Waals surface area contributed by atoms with Gasteiger partial charge in [-0.15, -0.1) is 0 Å². The van der Waals surface area contributed by atoms with E-state index in [4.69, 9.17) is 9.72 Å². The molecule has 1 atom stereocenters. The molecule has 2 saturated heterocycles. The highest BCUT2D eigenvalue weighted by Gasteiger charge is 2.22. The summed E-state index contributed by atoms with van der Waals surface area (Å²) in [5, 5.41) is 12.3. The molecule has 0 saturated carbocycles. The summed E-state index contributed by atoms with van der Waals surface area (Å²) in [5.41, 5.74) is 3.41. The van der Waals surface area contributed by atoms with Crippen LogP contribution in [-0.2, 0) is 9.53 Å². The predicted molar refractivity (Wildman–Crippen MR) is 147 cm³/mol. The van der Waals surface area contributed by atoms with Crippen molar-refractivity contribution in [2.45, 2.75) is 13.0 Å². The lowest BCUT2D eigenvalue weighted by Crippen LogP contribution is -2.50. The van der Waals surface area contributed by atoms with Crippen LogP contribution in [0.3, 0.4) is 0 Å². The van der Waals surface area contributed by atoms with Crippen molar-refractivity contribution in [1.82, 2.24) is 20.2 Å². The second kappa shape index (κ2) is 11.9. The zero-order valence-corrected chi connectivity index (χ0v) is 21.3. The molecule has 0 radical (unpaired) electrons. The second-order valence-corrected chi connectivity index (χ2v) is 9.21. The van der Waals surface area contributed by atoms with Crippen LogP contribution in [0.4, 0.5) is 33.6 Å². The molecule has 3 heterocycles. The maximum absolute atomic E-state index is 12.7. The Balaban J connectivity index is 1.12. The average molecular weight is 517 g/mol. The molecule has 0 aliphatic carbocycles. The summed E-state index contributed by atoms with van der Waals surface area (Å²) in [6.07, 6.45) is 1.82. The van der Waals surface area contributed by atoms with Gasteiger partial charge in [0.2, 0.25) is 11.9 Å². The van der Waals surface area contributed by atoms with Crippen molar-refractivity contribution in [2.24, 2.45) is 0 Å². The van der Waals surface area contributed by atoms with Gasteiger partial charge in [-0.25, -0.2) is 9.78 Å². The van der Waals surface area contributed by atoms with Gasteiger partial charge in [-0.1, -0.05) is 12.1 Å². The molecule has 2 aliphatic rings. The lowest BCUT2D eigenvalue weighted by atomic mass is 10.1. The van der Waals surface area contributed by atoms with Gasteiger partial charge >= 0.3 is 6.03 Å². The number of piperazine rings is 1. The molecular weight excluding hydrogens is 484 g/mol. The van der Waals surface area contributed by atoms with Crippen LogP contribution in [0.1, 0.15) is 18.6 Å². The largest absolute Gasteiger partial charge is 0.371 e. The smallest absolute Gasteiger partial charge is 0.321 e. The molecule has 2 fully saturated rings. The minimum atomic E-state index is -0.153. The summed E-state index contributed by atoms with van der Waals surface area (Å²) >= 11 is 0. The standard InChI is InChI=1S/C27H32N8O3/c1-19(36)30-21-6-8-23(9-7-21)32-27(37)35-15-13-34(14-16-35)25-10-11-29-26(33-25)31-22-4-2-20(3-5-22)24-18-28-12-17-38-24/h2-11,24,28H,12-18H2,1H3,(H,30,36)(H,32,37)(H,29,31,33). The topological polar surface area (TPSA) is 124 Å². The van der Waals surface area contributed by atoms with E-state index < -0.39 is 0 Å². The van der Waals surface area contributed by atoms with Gasteiger partial charge in [0.05, 0.1) is 12.7 Å². The van der Waals surface area contributed by atoms with Crippen LogP contribution in [0.25, 0.3) is 0 Å². The first-order valence-corrected chi connectivity index (χ1v) is 12.7. The zero-order valence-electron chi connectivity index (χ0n) is 21.3. The molecule has 3 aromatic rings. The van der Waals surface area contributed by atoms with Gasteiger partial charge in [-0.2, -0.15) is 4.98 Å². The third kappa shape index (κ3) is 6.55. The number of ether oxygens (including phenoxy) is 1. The zero-order chi connectivity index (χ0) is 26.3. The van der Waals surface area contributed by atoms with Crippen molar-refractivity contribution in [3.63, 3.8) is 0 Å². The number of nitrogens with one attached hydrogen (secondary N) is 4. The fourth-order valence-electron chi connectivity index (χ4n) is 4.46. The Morgan fingerprint density at radius 3 is 2.26 bits per heavy atom. The van der Waals surface area contributed by atoms with E-state index in [-0.39, 0.29) is 18.0 Å². The van der Waals surface area contributed by atoms with Crippen molar-refractivity contribution in [2.75, 3.05) is 66.7 Å². The molecular formula is C27H32N8O3. The molecule has 198 valence electrons. The highest BCUT2D eigenvalue weighted by molar-refractivity contribution is 5.91. The van der Waals surface area contributed by atoms with Gasteiger partial charge < -0.3 is 35.8 Å². The first-order valence-electron chi connectivity index (χ1n) is 12.7. The van der Waals surface area contributed by atoms with Crippen LogP contribution in [-0.4, -0.2) is 72.7 Å². The van der Waals surface area contributed by atoms with Crippen molar-refractivity contribution < 1.29 is 14.3 Å². The first kappa shape index (κ1) is 25.4. The van der Waals surface area contributed by atoms with E-state index >= 15 is 0 Å². The second-order valence-electron chi connectivity index (χ2n) is 9.21. The lowest BCUT2D eigenvalue weighted by Gasteiger charge is -2.35. The van der Waals surface area contributed by atoms with Gasteiger partial charge in [0.15, 0.2) is 0 Å². The van der Waals surface area contributed by atoms with Gasteiger partial charge in [0, 0.05) is 69.5 Å². The molecule has 1 aromatic heterocycles. The summed E-state index contributed by atoms with van der Waals surface area (Å²) in [4.78, 5) is 36.9. The summed E-state index contributed by atoms with van der Waals surface area (Å²) < 4.78 is 5.82. The van der Waals surface area contributed by atoms with Gasteiger partial charge in [-0.05, 0) is 48.0 Å². The number of hydrogen-bond donors (Lipinski definition) is 4. The number of benzene rings is 2. The minimum Gasteiger partial charge on any atom is -0.371 e. The molecule has 3 amide bonds. The number of amides is 3. The summed E-state index contributed by atoms with van der Waals surface area (Å²) in [6.45, 7) is 6.36. The number of carbonyl (C=O) groups is 2. The normalized spacial score (nSPS) is 17.6. The van der Waals surface area contributed by atoms with Crippen molar-refractivity contribution in [1.29, 1.82) is 0 Å². The van der Waals surface area contributed by atoms with Gasteiger partial charge in [0.1, 0.15) is 5.82 Å². The molecule has 0 spiro atoms. The third-order valence-corrected chi connectivity index (χ3v) is 6.45. The van der Waals surface area contributed by atoms with Gasteiger partial charge in [-0.3, -0.25) is 4.79 Å². The molecule has 2 aliphatic heterocycles. The Kier molecular flexibility index (Phi) is 7.95. The minimum absolute atomic E-state index is 0.0775. The van der Waals surface area contributed by atoms with Gasteiger partial charge in [0.25, 0.3) is 0 Å². The number of urea groups is 1. The number of carbonyl (C=O) groups excluding carboxylic acids is 2. The summed E-state index contributed by atoms with van der Waals surface area (Å²) in [5.74, 6) is 1.20. The van der Waals surface area contributed by atoms with E-state index in [0.717, 1.165) is 36.8 Å². The number of nitrogens with zero attached hydrogens (tertiary/aromatic N) is 4. The highest BCUT2D eigenvalue weighted by Crippen LogP contribution is 2.23. The summed E-state index contributed by atoms with van der Waals surface area (Å²) in [6, 6.07) is 16.9. The number of anilines is 5. The Morgan fingerprint density at radius 2 is 1.61 bits per heavy atom. The van der Waals surface area contributed by atoms with Crippen LogP contribution in [0.2, 0.25) is 0 Å². The van der Waals surface area contributed by atoms with Crippen LogP contribution in [0.5, 0.6) is 0 Å². The Morgan fingerprint density at radius 1 is 0.921 bits per heavy atom. The molecule has 1 unspecified atom stereocenters. The van der Waals surface area contributed by atoms with E-state index in [0.29, 0.717) is 43.5 Å². The Hall–Kier alpha value is -4.22. The van der Waals surface area contributed by atoms with Crippen LogP contribution >= 0.6 is 0 Å². The van der Waals surface area contributed by atoms with Crippen molar-refractivity contribution in [3.05, 3.63) is 66.4 Å². The first-order chi connectivity index (χ1) is 18.5. The molecule has 38 heavy (non-hydrogen) atoms. The lowest BCUT2D eigenvalue weighted by molar-refractivity contribution is -0.114. The number of rotatable bonds is 6. The number of morpholine rings is 1. The molecule has 2 aromatic carbocycles. The SMILES string of the molecule is CC(=O)Nc1ccc(NC(=O)N2CCN(c3ccnc(Nc4ccc(C5CNCCO5)cc4)n3)CC2)cc1. The molecule has 4 N–H and O–H groups in total. The monoisotopic (exact) mass is 516 g/mol. The van der Waals surface area contributed by atoms with E-state index in [1.807, 2.05) is 18.2 Å². The third-order valence-electron chi connectivity index (χ3n) is 6.45. The fourth-order valence-corrected chi connectivity index (χ4v) is 4.46. The van der Waals surface area contributed by atoms with E-state index in [1.54, 1.807) is 35.4 Å². The molecule has 5 rings (SSSR count). The predicted octanol–water partition coefficient (Wildman–Crippen LogP) is 3.19. The van der Waals surface area contributed by atoms with E-state index in [2.05, 4.69) is 43.3 Å². The van der Waals surface area contributed by atoms with Crippen LogP contribution in [0, 0.1) is 0 Å². The number of aromatic nitrogens is 2. The Bertz CT molecular complexity index is 1240. The maximum atomic E-state index is 12.7. The summed E-state index contributed by atoms with van der Waals surface area (Å²) in [7, 11) is 0. The van der Waals surface area contributed by atoms with E-state index in [1.165, 1.54) is 6.92 Å².